The first kappa shape index (κ1) is 21.4. The highest BCUT2D eigenvalue weighted by atomic mass is 16.5. The molecular weight excluding hydrogens is 436 g/mol. The minimum absolute atomic E-state index is 0.0419. The van der Waals surface area contributed by atoms with Gasteiger partial charge in [-0.25, -0.2) is 4.98 Å². The van der Waals surface area contributed by atoms with Crippen LogP contribution in [-0.4, -0.2) is 37.3 Å². The first-order valence-corrected chi connectivity index (χ1v) is 10.7. The van der Waals surface area contributed by atoms with E-state index < -0.39 is 0 Å². The highest BCUT2D eigenvalue weighted by molar-refractivity contribution is 6.06. The van der Waals surface area contributed by atoms with Crippen LogP contribution < -0.4 is 15.6 Å². The predicted octanol–water partition coefficient (Wildman–Crippen LogP) is 2.42. The van der Waals surface area contributed by atoms with Gasteiger partial charge >= 0.3 is 0 Å². The Bertz CT molecular complexity index is 1550. The van der Waals surface area contributed by atoms with Gasteiger partial charge in [-0.1, -0.05) is 35.5 Å². The number of aromatic nitrogens is 5. The van der Waals surface area contributed by atoms with Crippen molar-refractivity contribution in [3.05, 3.63) is 82.5 Å². The third-order valence-electron chi connectivity index (χ3n) is 5.54. The number of aryl methyl sites for hydroxylation is 1. The fraction of sp³-hybridized carbons (Fsp3) is 0.208. The van der Waals surface area contributed by atoms with Crippen LogP contribution in [0.2, 0.25) is 0 Å². The summed E-state index contributed by atoms with van der Waals surface area (Å²) in [4.78, 5) is 35.1. The number of carbonyl (C=O) groups excluding carboxylic acids is 1. The zero-order valence-corrected chi connectivity index (χ0v) is 18.7. The van der Waals surface area contributed by atoms with Gasteiger partial charge in [-0.05, 0) is 30.7 Å². The number of fused-ring (bicyclic) bond motifs is 3. The number of nitrogens with one attached hydrogen (secondary N) is 1. The summed E-state index contributed by atoms with van der Waals surface area (Å²) in [5, 5.41) is 7.41. The fourth-order valence-corrected chi connectivity index (χ4v) is 3.93. The molecule has 0 saturated heterocycles. The lowest BCUT2D eigenvalue weighted by Crippen LogP contribution is -2.29. The van der Waals surface area contributed by atoms with Crippen molar-refractivity contribution in [1.29, 1.82) is 0 Å². The highest BCUT2D eigenvalue weighted by Crippen LogP contribution is 2.29. The Balaban J connectivity index is 1.56. The van der Waals surface area contributed by atoms with E-state index in [1.165, 1.54) is 10.9 Å². The third-order valence-corrected chi connectivity index (χ3v) is 5.54. The summed E-state index contributed by atoms with van der Waals surface area (Å²) in [6.45, 7) is 2.13. The second-order valence-corrected chi connectivity index (χ2v) is 7.84. The van der Waals surface area contributed by atoms with Gasteiger partial charge in [0.05, 0.1) is 19.0 Å². The van der Waals surface area contributed by atoms with Gasteiger partial charge in [0, 0.05) is 11.9 Å². The van der Waals surface area contributed by atoms with Crippen LogP contribution in [0.25, 0.3) is 21.9 Å². The van der Waals surface area contributed by atoms with Crippen molar-refractivity contribution >= 4 is 27.8 Å². The summed E-state index contributed by atoms with van der Waals surface area (Å²) in [7, 11) is 1.57. The summed E-state index contributed by atoms with van der Waals surface area (Å²) in [6.07, 6.45) is 1.45. The standard InChI is InChI=1S/C24H22N6O4/c1-15-27-21(34-28-15)13-29-14-26-22-18-10-17(33-2)8-9-19(18)30(23(22)24(29)32)12-20(31)25-11-16-6-4-3-5-7-16/h3-10,14H,11-13H2,1-2H3,(H,25,31). The summed E-state index contributed by atoms with van der Waals surface area (Å²) >= 11 is 0. The van der Waals surface area contributed by atoms with Crippen molar-refractivity contribution in [2.75, 3.05) is 7.11 Å². The molecule has 0 aliphatic carbocycles. The molecule has 0 saturated carbocycles. The summed E-state index contributed by atoms with van der Waals surface area (Å²) in [5.74, 6) is 1.19. The maximum atomic E-state index is 13.5. The van der Waals surface area contributed by atoms with Crippen LogP contribution in [0, 0.1) is 6.92 Å². The predicted molar refractivity (Wildman–Crippen MR) is 124 cm³/mol. The highest BCUT2D eigenvalue weighted by Gasteiger charge is 2.20. The van der Waals surface area contributed by atoms with E-state index in [-0.39, 0.29) is 24.6 Å². The van der Waals surface area contributed by atoms with Crippen LogP contribution in [0.1, 0.15) is 17.3 Å². The minimum Gasteiger partial charge on any atom is -0.497 e. The van der Waals surface area contributed by atoms with E-state index >= 15 is 0 Å². The van der Waals surface area contributed by atoms with Crippen LogP contribution in [0.5, 0.6) is 5.75 Å². The number of amides is 1. The maximum absolute atomic E-state index is 13.5. The SMILES string of the molecule is COc1ccc2c(c1)c1ncn(Cc3nc(C)no3)c(=O)c1n2CC(=O)NCc1ccccc1. The molecule has 3 heterocycles. The fourth-order valence-electron chi connectivity index (χ4n) is 3.93. The second-order valence-electron chi connectivity index (χ2n) is 7.84. The molecule has 1 amide bonds. The number of ether oxygens (including phenoxy) is 1. The molecule has 5 aromatic rings. The van der Waals surface area contributed by atoms with Crippen LogP contribution in [0.15, 0.2) is 64.2 Å². The van der Waals surface area contributed by atoms with Crippen LogP contribution in [0.3, 0.4) is 0 Å². The summed E-state index contributed by atoms with van der Waals surface area (Å²) in [6, 6.07) is 15.1. The molecule has 5 rings (SSSR count). The average molecular weight is 458 g/mol. The molecule has 2 aromatic carbocycles. The molecule has 0 unspecified atom stereocenters. The average Bonchev–Trinajstić information content (AvgIpc) is 3.40. The minimum atomic E-state index is -0.313. The van der Waals surface area contributed by atoms with Crippen molar-refractivity contribution in [3.8, 4) is 5.75 Å². The lowest BCUT2D eigenvalue weighted by molar-refractivity contribution is -0.121. The quantitative estimate of drug-likeness (QED) is 0.398. The number of rotatable bonds is 7. The Morgan fingerprint density at radius 1 is 1.18 bits per heavy atom. The maximum Gasteiger partial charge on any atom is 0.278 e. The Morgan fingerprint density at radius 3 is 2.74 bits per heavy atom. The Labute approximate surface area is 193 Å². The number of methoxy groups -OCH3 is 1. The van der Waals surface area contributed by atoms with Crippen LogP contribution >= 0.6 is 0 Å². The molecule has 172 valence electrons. The molecule has 0 spiro atoms. The molecule has 0 atom stereocenters. The number of hydrogen-bond acceptors (Lipinski definition) is 7. The van der Waals surface area contributed by atoms with Gasteiger partial charge in [-0.3, -0.25) is 14.2 Å². The van der Waals surface area contributed by atoms with Crippen LogP contribution in [-0.2, 0) is 24.4 Å². The van der Waals surface area contributed by atoms with Crippen molar-refractivity contribution in [1.82, 2.24) is 29.6 Å². The monoisotopic (exact) mass is 458 g/mol. The molecule has 0 aliphatic heterocycles. The molecule has 0 radical (unpaired) electrons. The van der Waals surface area contributed by atoms with Gasteiger partial charge in [0.1, 0.15) is 29.9 Å². The zero-order valence-electron chi connectivity index (χ0n) is 18.7. The van der Waals surface area contributed by atoms with E-state index in [0.29, 0.717) is 40.6 Å². The van der Waals surface area contributed by atoms with E-state index in [4.69, 9.17) is 9.26 Å². The van der Waals surface area contributed by atoms with Crippen molar-refractivity contribution in [3.63, 3.8) is 0 Å². The van der Waals surface area contributed by atoms with Gasteiger partial charge in [0.2, 0.25) is 11.8 Å². The molecule has 0 bridgehead atoms. The summed E-state index contributed by atoms with van der Waals surface area (Å²) in [5.41, 5.74) is 2.19. The second kappa shape index (κ2) is 8.81. The molecule has 3 aromatic heterocycles. The van der Waals surface area contributed by atoms with E-state index in [1.54, 1.807) is 24.7 Å². The molecule has 0 aliphatic rings. The van der Waals surface area contributed by atoms with Gasteiger partial charge in [0.25, 0.3) is 5.56 Å². The first-order valence-electron chi connectivity index (χ1n) is 10.7. The Hall–Kier alpha value is -4.47. The lowest BCUT2D eigenvalue weighted by Gasteiger charge is -2.09. The molecule has 1 N–H and O–H groups in total. The van der Waals surface area contributed by atoms with E-state index in [2.05, 4.69) is 20.4 Å². The number of carbonyl (C=O) groups is 1. The molecule has 10 nitrogen and oxygen atoms in total. The normalized spacial score (nSPS) is 11.2. The lowest BCUT2D eigenvalue weighted by atomic mass is 10.2. The number of benzene rings is 2. The van der Waals surface area contributed by atoms with E-state index in [1.807, 2.05) is 42.5 Å². The largest absolute Gasteiger partial charge is 0.497 e. The van der Waals surface area contributed by atoms with Crippen molar-refractivity contribution in [2.24, 2.45) is 0 Å². The molecule has 0 fully saturated rings. The van der Waals surface area contributed by atoms with Gasteiger partial charge in [0.15, 0.2) is 5.82 Å². The van der Waals surface area contributed by atoms with E-state index in [0.717, 1.165) is 10.9 Å². The molecule has 34 heavy (non-hydrogen) atoms. The van der Waals surface area contributed by atoms with Crippen molar-refractivity contribution in [2.45, 2.75) is 26.6 Å². The molecular formula is C24H22N6O4. The zero-order chi connectivity index (χ0) is 23.7. The van der Waals surface area contributed by atoms with Crippen LogP contribution in [0.4, 0.5) is 0 Å². The Kier molecular flexibility index (Phi) is 5.54. The van der Waals surface area contributed by atoms with Gasteiger partial charge in [-0.15, -0.1) is 0 Å². The van der Waals surface area contributed by atoms with Gasteiger partial charge < -0.3 is 19.1 Å². The topological polar surface area (TPSA) is 117 Å². The molecule has 10 heteroatoms. The van der Waals surface area contributed by atoms with E-state index in [9.17, 15) is 9.59 Å². The summed E-state index contributed by atoms with van der Waals surface area (Å²) < 4.78 is 13.6. The Morgan fingerprint density at radius 2 is 2.00 bits per heavy atom. The first-order chi connectivity index (χ1) is 16.5. The number of nitrogens with zero attached hydrogens (tertiary/aromatic N) is 5. The third kappa shape index (κ3) is 4.01. The number of hydrogen-bond donors (Lipinski definition) is 1. The smallest absolute Gasteiger partial charge is 0.278 e. The van der Waals surface area contributed by atoms with Gasteiger partial charge in [-0.2, -0.15) is 4.98 Å². The van der Waals surface area contributed by atoms with Crippen molar-refractivity contribution < 1.29 is 14.1 Å².